The predicted octanol–water partition coefficient (Wildman–Crippen LogP) is 4.14. The van der Waals surface area contributed by atoms with E-state index in [0.29, 0.717) is 23.7 Å². The minimum Gasteiger partial charge on any atom is -0.378 e. The van der Waals surface area contributed by atoms with Gasteiger partial charge in [0.25, 0.3) is 0 Å². The average molecular weight is 562 g/mol. The Kier molecular flexibility index (Phi) is 7.20. The molecule has 0 radical (unpaired) electrons. The molecule has 10 heteroatoms. The van der Waals surface area contributed by atoms with Gasteiger partial charge in [-0.2, -0.15) is 0 Å². The van der Waals surface area contributed by atoms with E-state index in [1.165, 1.54) is 4.88 Å². The van der Waals surface area contributed by atoms with Crippen LogP contribution in [0.1, 0.15) is 22.3 Å². The molecule has 3 aromatic rings. The molecule has 2 N–H and O–H groups in total. The first-order valence-electron chi connectivity index (χ1n) is 10.2. The normalized spacial score (nSPS) is 13.7. The third kappa shape index (κ3) is 5.54. The number of rotatable bonds is 7. The summed E-state index contributed by atoms with van der Waals surface area (Å²) in [6, 6.07) is 13.9. The summed E-state index contributed by atoms with van der Waals surface area (Å²) in [7, 11) is 0. The van der Waals surface area contributed by atoms with E-state index in [0.717, 1.165) is 37.6 Å². The molecule has 1 aromatic carbocycles. The molecular weight excluding hydrogens is 539 g/mol. The molecule has 0 atom stereocenters. The highest BCUT2D eigenvalue weighted by Gasteiger charge is 2.19. The van der Waals surface area contributed by atoms with Gasteiger partial charge in [0.05, 0.1) is 5.69 Å². The summed E-state index contributed by atoms with van der Waals surface area (Å²) in [4.78, 5) is 28.8. The molecule has 1 aliphatic heterocycles. The van der Waals surface area contributed by atoms with Crippen LogP contribution < -0.4 is 15.5 Å². The lowest BCUT2D eigenvalue weighted by Gasteiger charge is -2.35. The highest BCUT2D eigenvalue weighted by Crippen LogP contribution is 2.25. The maximum atomic E-state index is 11.9. The maximum Gasteiger partial charge on any atom is 0.244 e. The molecule has 0 bridgehead atoms. The van der Waals surface area contributed by atoms with Crippen molar-refractivity contribution in [1.29, 1.82) is 0 Å². The summed E-state index contributed by atoms with van der Waals surface area (Å²) in [6.45, 7) is 5.36. The third-order valence-corrected chi connectivity index (χ3v) is 6.63. The Morgan fingerprint density at radius 2 is 1.84 bits per heavy atom. The predicted molar refractivity (Wildman–Crippen MR) is 136 cm³/mol. The second-order valence-electron chi connectivity index (χ2n) is 7.36. The van der Waals surface area contributed by atoms with Crippen LogP contribution in [0.5, 0.6) is 0 Å². The van der Waals surface area contributed by atoms with E-state index in [-0.39, 0.29) is 9.70 Å². The third-order valence-electron chi connectivity index (χ3n) is 5.24. The molecule has 0 spiro atoms. The van der Waals surface area contributed by atoms with Gasteiger partial charge in [-0.15, -0.1) is 21.5 Å². The topological polar surface area (TPSA) is 90.5 Å². The Bertz CT molecular complexity index is 1080. The molecule has 8 nitrogen and oxygen atoms in total. The van der Waals surface area contributed by atoms with Crippen molar-refractivity contribution in [3.63, 3.8) is 0 Å². The lowest BCUT2D eigenvalue weighted by atomic mass is 10.2. The summed E-state index contributed by atoms with van der Waals surface area (Å²) in [5.41, 5.74) is 2.96. The minimum atomic E-state index is -0.162. The lowest BCUT2D eigenvalue weighted by molar-refractivity contribution is -0.129. The van der Waals surface area contributed by atoms with Crippen LogP contribution in [0.25, 0.3) is 0 Å². The molecule has 0 saturated carbocycles. The quantitative estimate of drug-likeness (QED) is 0.331. The summed E-state index contributed by atoms with van der Waals surface area (Å²) in [5.74, 6) is 0.688. The van der Waals surface area contributed by atoms with Gasteiger partial charge in [0, 0.05) is 84.6 Å². The zero-order chi connectivity index (χ0) is 22.5. The second-order valence-corrected chi connectivity index (χ2v) is 9.38. The maximum absolute atomic E-state index is 11.9. The van der Waals surface area contributed by atoms with Crippen molar-refractivity contribution in [2.24, 2.45) is 0 Å². The zero-order valence-electron chi connectivity index (χ0n) is 17.5. The molecular formula is C22H23IN6O2S. The number of thiophene rings is 1. The number of carbonyl (C=O) groups is 2. The number of halogens is 1. The van der Waals surface area contributed by atoms with E-state index >= 15 is 0 Å². The summed E-state index contributed by atoms with van der Waals surface area (Å²) in [6.07, 6.45) is 0. The highest BCUT2D eigenvalue weighted by molar-refractivity contribution is 14.1. The molecule has 32 heavy (non-hydrogen) atoms. The van der Waals surface area contributed by atoms with Crippen LogP contribution in [-0.4, -0.2) is 51.0 Å². The molecule has 4 rings (SSSR count). The smallest absolute Gasteiger partial charge is 0.244 e. The van der Waals surface area contributed by atoms with Crippen molar-refractivity contribution >= 4 is 66.5 Å². The van der Waals surface area contributed by atoms with Gasteiger partial charge in [0.15, 0.2) is 11.5 Å². The van der Waals surface area contributed by atoms with Crippen LogP contribution in [0.4, 0.5) is 22.9 Å². The SMILES string of the molecule is CC(=O)N1CCN(c2ccc(Nc3cc(NCc4cccs4)c(C(=O)I)nn3)cc2)CC1. The molecule has 1 fully saturated rings. The number of piperazine rings is 1. The fourth-order valence-corrected chi connectivity index (χ4v) is 4.55. The van der Waals surface area contributed by atoms with Gasteiger partial charge in [-0.1, -0.05) is 6.07 Å². The highest BCUT2D eigenvalue weighted by atomic mass is 127. The van der Waals surface area contributed by atoms with Gasteiger partial charge in [-0.05, 0) is 35.7 Å². The van der Waals surface area contributed by atoms with Gasteiger partial charge in [0.1, 0.15) is 0 Å². The van der Waals surface area contributed by atoms with Crippen molar-refractivity contribution < 1.29 is 9.59 Å². The summed E-state index contributed by atoms with van der Waals surface area (Å²) in [5, 5.41) is 16.9. The fourth-order valence-electron chi connectivity index (χ4n) is 3.51. The molecule has 0 unspecified atom stereocenters. The second kappa shape index (κ2) is 10.3. The fraction of sp³-hybridized carbons (Fsp3) is 0.273. The Balaban J connectivity index is 1.42. The number of nitrogens with one attached hydrogen (secondary N) is 2. The minimum absolute atomic E-state index is 0.129. The summed E-state index contributed by atoms with van der Waals surface area (Å²) < 4.78 is -0.162. The van der Waals surface area contributed by atoms with E-state index in [1.54, 1.807) is 46.9 Å². The van der Waals surface area contributed by atoms with Crippen molar-refractivity contribution in [2.75, 3.05) is 41.7 Å². The molecule has 1 amide bonds. The van der Waals surface area contributed by atoms with Crippen LogP contribution in [0, 0.1) is 0 Å². The number of benzene rings is 1. The van der Waals surface area contributed by atoms with Crippen LogP contribution >= 0.6 is 33.9 Å². The van der Waals surface area contributed by atoms with Gasteiger partial charge >= 0.3 is 0 Å². The summed E-state index contributed by atoms with van der Waals surface area (Å²) >= 11 is 3.38. The van der Waals surface area contributed by atoms with Gasteiger partial charge in [-0.3, -0.25) is 9.59 Å². The first-order chi connectivity index (χ1) is 15.5. The number of anilines is 4. The van der Waals surface area contributed by atoms with Crippen molar-refractivity contribution in [3.8, 4) is 0 Å². The van der Waals surface area contributed by atoms with Gasteiger partial charge < -0.3 is 20.4 Å². The van der Waals surface area contributed by atoms with Crippen molar-refractivity contribution in [2.45, 2.75) is 13.5 Å². The Morgan fingerprint density at radius 3 is 2.47 bits per heavy atom. The molecule has 2 aromatic heterocycles. The Morgan fingerprint density at radius 1 is 1.09 bits per heavy atom. The van der Waals surface area contributed by atoms with Crippen LogP contribution in [-0.2, 0) is 11.3 Å². The van der Waals surface area contributed by atoms with Gasteiger partial charge in [0.2, 0.25) is 9.70 Å². The Hall–Kier alpha value is -2.73. The number of carbonyl (C=O) groups excluding carboxylic acids is 2. The van der Waals surface area contributed by atoms with E-state index in [9.17, 15) is 9.59 Å². The van der Waals surface area contributed by atoms with E-state index in [4.69, 9.17) is 0 Å². The first-order valence-corrected chi connectivity index (χ1v) is 12.2. The van der Waals surface area contributed by atoms with Crippen molar-refractivity contribution in [1.82, 2.24) is 15.1 Å². The van der Waals surface area contributed by atoms with Crippen LogP contribution in [0.3, 0.4) is 0 Å². The monoisotopic (exact) mass is 562 g/mol. The lowest BCUT2D eigenvalue weighted by Crippen LogP contribution is -2.48. The zero-order valence-corrected chi connectivity index (χ0v) is 20.5. The number of amides is 1. The van der Waals surface area contributed by atoms with E-state index in [1.807, 2.05) is 34.5 Å². The molecule has 1 saturated heterocycles. The standard InChI is InChI=1S/C22H23IN6O2S/c1-15(30)28-8-10-29(11-9-28)17-6-4-16(5-7-17)25-20-13-19(21(22(23)31)27-26-20)24-14-18-3-2-12-32-18/h2-7,12-13H,8-11,14H2,1H3,(H2,24,25,26). The number of hydrogen-bond donors (Lipinski definition) is 2. The largest absolute Gasteiger partial charge is 0.378 e. The molecule has 1 aliphatic rings. The first kappa shape index (κ1) is 22.5. The van der Waals surface area contributed by atoms with E-state index < -0.39 is 0 Å². The average Bonchev–Trinajstić information content (AvgIpc) is 3.32. The number of hydrogen-bond acceptors (Lipinski definition) is 8. The van der Waals surface area contributed by atoms with Crippen LogP contribution in [0.15, 0.2) is 47.8 Å². The van der Waals surface area contributed by atoms with Gasteiger partial charge in [-0.25, -0.2) is 0 Å². The van der Waals surface area contributed by atoms with Crippen LogP contribution in [0.2, 0.25) is 0 Å². The van der Waals surface area contributed by atoms with Crippen molar-refractivity contribution in [3.05, 3.63) is 58.4 Å². The molecule has 166 valence electrons. The molecule has 3 heterocycles. The number of aromatic nitrogens is 2. The number of nitrogens with zero attached hydrogens (tertiary/aromatic N) is 4. The van der Waals surface area contributed by atoms with E-state index in [2.05, 4.69) is 37.9 Å². The molecule has 0 aliphatic carbocycles. The Labute approximate surface area is 204 Å².